The normalized spacial score (nSPS) is 17.7. The Morgan fingerprint density at radius 2 is 2.07 bits per heavy atom. The maximum atomic E-state index is 3.68. The van der Waals surface area contributed by atoms with Gasteiger partial charge in [0.25, 0.3) is 0 Å². The van der Waals surface area contributed by atoms with E-state index in [0.717, 1.165) is 12.5 Å². The van der Waals surface area contributed by atoms with E-state index < -0.39 is 0 Å². The SMILES string of the molecule is CSCCNC(c1ccccc1)C1CC1. The van der Waals surface area contributed by atoms with Crippen molar-refractivity contribution in [1.29, 1.82) is 0 Å². The van der Waals surface area contributed by atoms with Crippen LogP contribution in [0.15, 0.2) is 30.3 Å². The van der Waals surface area contributed by atoms with Crippen LogP contribution in [0, 0.1) is 5.92 Å². The zero-order valence-corrected chi connectivity index (χ0v) is 10.1. The van der Waals surface area contributed by atoms with Crippen molar-refractivity contribution in [3.63, 3.8) is 0 Å². The molecule has 1 aliphatic carbocycles. The lowest BCUT2D eigenvalue weighted by molar-refractivity contribution is 0.498. The Morgan fingerprint density at radius 3 is 2.67 bits per heavy atom. The molecule has 1 atom stereocenters. The third-order valence-corrected chi connectivity index (χ3v) is 3.53. The largest absolute Gasteiger partial charge is 0.309 e. The third-order valence-electron chi connectivity index (χ3n) is 2.92. The molecule has 2 rings (SSSR count). The van der Waals surface area contributed by atoms with Gasteiger partial charge in [0, 0.05) is 18.3 Å². The van der Waals surface area contributed by atoms with Crippen molar-refractivity contribution in [3.05, 3.63) is 35.9 Å². The lowest BCUT2D eigenvalue weighted by Gasteiger charge is -2.18. The van der Waals surface area contributed by atoms with Gasteiger partial charge in [0.2, 0.25) is 0 Å². The molecule has 0 spiro atoms. The van der Waals surface area contributed by atoms with Gasteiger partial charge in [-0.1, -0.05) is 30.3 Å². The fraction of sp³-hybridized carbons (Fsp3) is 0.538. The van der Waals surface area contributed by atoms with E-state index >= 15 is 0 Å². The van der Waals surface area contributed by atoms with Gasteiger partial charge >= 0.3 is 0 Å². The molecule has 1 N–H and O–H groups in total. The summed E-state index contributed by atoms with van der Waals surface area (Å²) in [6.07, 6.45) is 4.95. The first-order chi connectivity index (χ1) is 7.42. The standard InChI is InChI=1S/C13H19NS/c1-15-10-9-14-13(12-7-8-12)11-5-3-2-4-6-11/h2-6,12-14H,7-10H2,1H3. The first kappa shape index (κ1) is 11.0. The van der Waals surface area contributed by atoms with Crippen LogP contribution in [0.1, 0.15) is 24.4 Å². The molecule has 1 aliphatic rings. The molecule has 0 aromatic heterocycles. The number of hydrogen-bond donors (Lipinski definition) is 1. The van der Waals surface area contributed by atoms with Gasteiger partial charge in [-0.3, -0.25) is 0 Å². The molecule has 1 nitrogen and oxygen atoms in total. The van der Waals surface area contributed by atoms with Gasteiger partial charge in [-0.15, -0.1) is 0 Å². The number of benzene rings is 1. The van der Waals surface area contributed by atoms with Gasteiger partial charge in [-0.05, 0) is 30.6 Å². The molecule has 15 heavy (non-hydrogen) atoms. The van der Waals surface area contributed by atoms with Gasteiger partial charge in [-0.2, -0.15) is 11.8 Å². The van der Waals surface area contributed by atoms with E-state index in [1.165, 1.54) is 24.2 Å². The number of nitrogens with one attached hydrogen (secondary N) is 1. The lowest BCUT2D eigenvalue weighted by atomic mass is 10.0. The summed E-state index contributed by atoms with van der Waals surface area (Å²) in [5.74, 6) is 2.09. The topological polar surface area (TPSA) is 12.0 Å². The van der Waals surface area contributed by atoms with Crippen LogP contribution in [0.5, 0.6) is 0 Å². The van der Waals surface area contributed by atoms with Crippen molar-refractivity contribution in [2.75, 3.05) is 18.6 Å². The quantitative estimate of drug-likeness (QED) is 0.741. The Morgan fingerprint density at radius 1 is 1.33 bits per heavy atom. The number of hydrogen-bond acceptors (Lipinski definition) is 2. The van der Waals surface area contributed by atoms with Gasteiger partial charge in [0.1, 0.15) is 0 Å². The highest BCUT2D eigenvalue weighted by molar-refractivity contribution is 7.98. The molecule has 1 aromatic rings. The summed E-state index contributed by atoms with van der Waals surface area (Å²) in [4.78, 5) is 0. The molecule has 0 radical (unpaired) electrons. The summed E-state index contributed by atoms with van der Waals surface area (Å²) in [6.45, 7) is 1.12. The molecular formula is C13H19NS. The Labute approximate surface area is 96.7 Å². The predicted molar refractivity (Wildman–Crippen MR) is 68.3 cm³/mol. The molecule has 1 saturated carbocycles. The molecule has 1 unspecified atom stereocenters. The van der Waals surface area contributed by atoms with Crippen LogP contribution in [-0.2, 0) is 0 Å². The average molecular weight is 221 g/mol. The first-order valence-corrected chi connectivity index (χ1v) is 7.08. The zero-order chi connectivity index (χ0) is 10.5. The fourth-order valence-corrected chi connectivity index (χ4v) is 2.29. The maximum Gasteiger partial charge on any atom is 0.0348 e. The van der Waals surface area contributed by atoms with E-state index in [1.807, 2.05) is 11.8 Å². The van der Waals surface area contributed by atoms with Gasteiger partial charge < -0.3 is 5.32 Å². The van der Waals surface area contributed by atoms with Crippen LogP contribution in [0.4, 0.5) is 0 Å². The van der Waals surface area contributed by atoms with Crippen LogP contribution >= 0.6 is 11.8 Å². The van der Waals surface area contributed by atoms with Crippen molar-refractivity contribution in [2.24, 2.45) is 5.92 Å². The Balaban J connectivity index is 1.94. The van der Waals surface area contributed by atoms with Crippen molar-refractivity contribution < 1.29 is 0 Å². The Bertz CT molecular complexity index is 282. The highest BCUT2D eigenvalue weighted by atomic mass is 32.2. The Hall–Kier alpha value is -0.470. The summed E-state index contributed by atoms with van der Waals surface area (Å²) in [5, 5.41) is 3.68. The highest BCUT2D eigenvalue weighted by Crippen LogP contribution is 2.40. The second kappa shape index (κ2) is 5.57. The van der Waals surface area contributed by atoms with Crippen LogP contribution < -0.4 is 5.32 Å². The zero-order valence-electron chi connectivity index (χ0n) is 9.28. The summed E-state index contributed by atoms with van der Waals surface area (Å²) in [5.41, 5.74) is 1.46. The van der Waals surface area contributed by atoms with E-state index in [9.17, 15) is 0 Å². The predicted octanol–water partition coefficient (Wildman–Crippen LogP) is 3.09. The van der Waals surface area contributed by atoms with E-state index in [2.05, 4.69) is 41.9 Å². The summed E-state index contributed by atoms with van der Waals surface area (Å²) >= 11 is 1.91. The highest BCUT2D eigenvalue weighted by Gasteiger charge is 2.31. The van der Waals surface area contributed by atoms with Crippen molar-refractivity contribution in [1.82, 2.24) is 5.32 Å². The number of rotatable bonds is 6. The smallest absolute Gasteiger partial charge is 0.0348 e. The molecule has 0 saturated heterocycles. The summed E-state index contributed by atoms with van der Waals surface area (Å²) in [6, 6.07) is 11.5. The summed E-state index contributed by atoms with van der Waals surface area (Å²) in [7, 11) is 0. The molecule has 2 heteroatoms. The number of thioether (sulfide) groups is 1. The van der Waals surface area contributed by atoms with Crippen molar-refractivity contribution in [2.45, 2.75) is 18.9 Å². The Kier molecular flexibility index (Phi) is 4.09. The minimum Gasteiger partial charge on any atom is -0.309 e. The first-order valence-electron chi connectivity index (χ1n) is 5.69. The minimum atomic E-state index is 0.596. The van der Waals surface area contributed by atoms with Gasteiger partial charge in [0.05, 0.1) is 0 Å². The van der Waals surface area contributed by atoms with Crippen molar-refractivity contribution >= 4 is 11.8 Å². The van der Waals surface area contributed by atoms with Crippen LogP contribution in [-0.4, -0.2) is 18.6 Å². The minimum absolute atomic E-state index is 0.596. The van der Waals surface area contributed by atoms with E-state index in [1.54, 1.807) is 0 Å². The molecule has 1 fully saturated rings. The van der Waals surface area contributed by atoms with Crippen LogP contribution in [0.25, 0.3) is 0 Å². The van der Waals surface area contributed by atoms with E-state index in [0.29, 0.717) is 6.04 Å². The third kappa shape index (κ3) is 3.25. The molecule has 0 amide bonds. The molecule has 0 aliphatic heterocycles. The van der Waals surface area contributed by atoms with E-state index in [-0.39, 0.29) is 0 Å². The molecule has 0 bridgehead atoms. The molecule has 82 valence electrons. The van der Waals surface area contributed by atoms with Crippen molar-refractivity contribution in [3.8, 4) is 0 Å². The van der Waals surface area contributed by atoms with Gasteiger partial charge in [0.15, 0.2) is 0 Å². The van der Waals surface area contributed by atoms with E-state index in [4.69, 9.17) is 0 Å². The van der Waals surface area contributed by atoms with Crippen LogP contribution in [0.2, 0.25) is 0 Å². The fourth-order valence-electron chi connectivity index (χ4n) is 1.96. The molecule has 0 heterocycles. The second-order valence-electron chi connectivity index (χ2n) is 4.17. The monoisotopic (exact) mass is 221 g/mol. The molecular weight excluding hydrogens is 202 g/mol. The van der Waals surface area contributed by atoms with Gasteiger partial charge in [-0.25, -0.2) is 0 Å². The lowest BCUT2D eigenvalue weighted by Crippen LogP contribution is -2.25. The molecule has 1 aromatic carbocycles. The van der Waals surface area contributed by atoms with Crippen LogP contribution in [0.3, 0.4) is 0 Å². The summed E-state index contributed by atoms with van der Waals surface area (Å²) < 4.78 is 0. The maximum absolute atomic E-state index is 3.68. The second-order valence-corrected chi connectivity index (χ2v) is 5.16. The average Bonchev–Trinajstić information content (AvgIpc) is 3.10.